The van der Waals surface area contributed by atoms with E-state index in [9.17, 15) is 10.1 Å². The lowest BCUT2D eigenvalue weighted by atomic mass is 10.0. The Balaban J connectivity index is 2.03. The van der Waals surface area contributed by atoms with E-state index < -0.39 is 0 Å². The number of amides is 1. The standard InChI is InChI=1S/C16H21N3OS/c1-11-5-4-6-19(9-11)15(20)10-21-16-14(8-17)12(2)7-13(3)18-16/h7,11H,4-6,9-10H2,1-3H3/t11-/m0/s1. The number of rotatable bonds is 3. The molecule has 0 radical (unpaired) electrons. The number of piperidine rings is 1. The number of nitrogens with zero attached hydrogens (tertiary/aromatic N) is 3. The first-order valence-corrected chi connectivity index (χ1v) is 8.28. The maximum atomic E-state index is 12.3. The summed E-state index contributed by atoms with van der Waals surface area (Å²) in [5.41, 5.74) is 2.39. The quantitative estimate of drug-likeness (QED) is 0.806. The van der Waals surface area contributed by atoms with Gasteiger partial charge in [-0.1, -0.05) is 18.7 Å². The van der Waals surface area contributed by atoms with Gasteiger partial charge in [0.15, 0.2) is 0 Å². The third kappa shape index (κ3) is 3.98. The van der Waals surface area contributed by atoms with Crippen molar-refractivity contribution in [3.8, 4) is 6.07 Å². The molecule has 0 unspecified atom stereocenters. The van der Waals surface area contributed by atoms with E-state index in [1.165, 1.54) is 18.2 Å². The molecule has 1 aliphatic rings. The topological polar surface area (TPSA) is 57.0 Å². The fourth-order valence-corrected chi connectivity index (χ4v) is 3.68. The molecule has 0 aromatic carbocycles. The van der Waals surface area contributed by atoms with Gasteiger partial charge in [0, 0.05) is 18.8 Å². The Hall–Kier alpha value is -1.54. The van der Waals surface area contributed by atoms with E-state index >= 15 is 0 Å². The average molecular weight is 303 g/mol. The molecule has 5 heteroatoms. The predicted octanol–water partition coefficient (Wildman–Crippen LogP) is 2.92. The molecule has 0 N–H and O–H groups in total. The highest BCUT2D eigenvalue weighted by Crippen LogP contribution is 2.24. The van der Waals surface area contributed by atoms with Crippen molar-refractivity contribution in [1.29, 1.82) is 5.26 Å². The monoisotopic (exact) mass is 303 g/mol. The van der Waals surface area contributed by atoms with Crippen LogP contribution in [0.3, 0.4) is 0 Å². The van der Waals surface area contributed by atoms with Crippen molar-refractivity contribution in [1.82, 2.24) is 9.88 Å². The van der Waals surface area contributed by atoms with Crippen LogP contribution in [0.2, 0.25) is 0 Å². The second-order valence-electron chi connectivity index (χ2n) is 5.75. The van der Waals surface area contributed by atoms with Crippen molar-refractivity contribution in [2.24, 2.45) is 5.92 Å². The lowest BCUT2D eigenvalue weighted by molar-refractivity contribution is -0.130. The molecule has 2 heterocycles. The van der Waals surface area contributed by atoms with Gasteiger partial charge in [-0.05, 0) is 44.2 Å². The van der Waals surface area contributed by atoms with Crippen molar-refractivity contribution in [3.05, 3.63) is 22.9 Å². The number of pyridine rings is 1. The first-order chi connectivity index (χ1) is 10.0. The molecule has 4 nitrogen and oxygen atoms in total. The zero-order chi connectivity index (χ0) is 15.4. The van der Waals surface area contributed by atoms with Crippen LogP contribution < -0.4 is 0 Å². The van der Waals surface area contributed by atoms with Gasteiger partial charge in [-0.15, -0.1) is 0 Å². The van der Waals surface area contributed by atoms with Crippen LogP contribution in [0.5, 0.6) is 0 Å². The number of carbonyl (C=O) groups excluding carboxylic acids is 1. The Morgan fingerprint density at radius 1 is 1.57 bits per heavy atom. The Morgan fingerprint density at radius 2 is 2.33 bits per heavy atom. The lowest BCUT2D eigenvalue weighted by Crippen LogP contribution is -2.40. The highest BCUT2D eigenvalue weighted by molar-refractivity contribution is 8.00. The van der Waals surface area contributed by atoms with Gasteiger partial charge in [0.1, 0.15) is 11.1 Å². The molecule has 1 amide bonds. The molecule has 0 spiro atoms. The molecule has 1 saturated heterocycles. The summed E-state index contributed by atoms with van der Waals surface area (Å²) in [7, 11) is 0. The van der Waals surface area contributed by atoms with E-state index in [1.807, 2.05) is 24.8 Å². The summed E-state index contributed by atoms with van der Waals surface area (Å²) in [4.78, 5) is 18.6. The van der Waals surface area contributed by atoms with E-state index in [1.54, 1.807) is 0 Å². The molecule has 112 valence electrons. The molecular formula is C16H21N3OS. The maximum Gasteiger partial charge on any atom is 0.232 e. The van der Waals surface area contributed by atoms with Gasteiger partial charge < -0.3 is 4.90 Å². The van der Waals surface area contributed by atoms with Crippen LogP contribution in [0, 0.1) is 31.1 Å². The van der Waals surface area contributed by atoms with Crippen molar-refractivity contribution < 1.29 is 4.79 Å². The first-order valence-electron chi connectivity index (χ1n) is 7.30. The Labute approximate surface area is 130 Å². The molecule has 21 heavy (non-hydrogen) atoms. The number of nitriles is 1. The molecule has 1 aliphatic heterocycles. The molecule has 1 aromatic rings. The van der Waals surface area contributed by atoms with E-state index in [4.69, 9.17) is 0 Å². The fourth-order valence-electron chi connectivity index (χ4n) is 2.68. The Bertz CT molecular complexity index is 580. The Kier molecular flexibility index (Phi) is 5.24. The van der Waals surface area contributed by atoms with Crippen LogP contribution >= 0.6 is 11.8 Å². The summed E-state index contributed by atoms with van der Waals surface area (Å²) in [6.07, 6.45) is 2.29. The largest absolute Gasteiger partial charge is 0.342 e. The van der Waals surface area contributed by atoms with Crippen LogP contribution in [-0.2, 0) is 4.79 Å². The van der Waals surface area contributed by atoms with Gasteiger partial charge in [0.2, 0.25) is 5.91 Å². The molecule has 0 bridgehead atoms. The second-order valence-corrected chi connectivity index (χ2v) is 6.71. The fraction of sp³-hybridized carbons (Fsp3) is 0.562. The molecule has 2 rings (SSSR count). The molecule has 1 atom stereocenters. The summed E-state index contributed by atoms with van der Waals surface area (Å²) < 4.78 is 0. The number of thioether (sulfide) groups is 1. The molecule has 1 fully saturated rings. The molecular weight excluding hydrogens is 282 g/mol. The van der Waals surface area contributed by atoms with Crippen LogP contribution in [-0.4, -0.2) is 34.6 Å². The zero-order valence-electron chi connectivity index (χ0n) is 12.8. The van der Waals surface area contributed by atoms with Crippen LogP contribution in [0.15, 0.2) is 11.1 Å². The van der Waals surface area contributed by atoms with Crippen LogP contribution in [0.25, 0.3) is 0 Å². The number of aryl methyl sites for hydroxylation is 2. The van der Waals surface area contributed by atoms with E-state index in [0.29, 0.717) is 22.3 Å². The summed E-state index contributed by atoms with van der Waals surface area (Å²) in [5, 5.41) is 9.91. The van der Waals surface area contributed by atoms with E-state index in [-0.39, 0.29) is 5.91 Å². The van der Waals surface area contributed by atoms with Crippen LogP contribution in [0.4, 0.5) is 0 Å². The zero-order valence-corrected chi connectivity index (χ0v) is 13.7. The third-order valence-electron chi connectivity index (χ3n) is 3.77. The van der Waals surface area contributed by atoms with Crippen molar-refractivity contribution >= 4 is 17.7 Å². The number of carbonyl (C=O) groups is 1. The van der Waals surface area contributed by atoms with E-state index in [2.05, 4.69) is 18.0 Å². The predicted molar refractivity (Wildman–Crippen MR) is 84.1 cm³/mol. The number of hydrogen-bond acceptors (Lipinski definition) is 4. The second kappa shape index (κ2) is 6.95. The average Bonchev–Trinajstić information content (AvgIpc) is 2.44. The highest BCUT2D eigenvalue weighted by Gasteiger charge is 2.21. The summed E-state index contributed by atoms with van der Waals surface area (Å²) >= 11 is 1.38. The van der Waals surface area contributed by atoms with Gasteiger partial charge in [-0.2, -0.15) is 5.26 Å². The smallest absolute Gasteiger partial charge is 0.232 e. The van der Waals surface area contributed by atoms with Gasteiger partial charge in [-0.3, -0.25) is 4.79 Å². The number of likely N-dealkylation sites (tertiary alicyclic amines) is 1. The Morgan fingerprint density at radius 3 is 3.00 bits per heavy atom. The van der Waals surface area contributed by atoms with E-state index in [0.717, 1.165) is 30.8 Å². The third-order valence-corrected chi connectivity index (χ3v) is 4.73. The summed E-state index contributed by atoms with van der Waals surface area (Å²) in [5.74, 6) is 1.09. The summed E-state index contributed by atoms with van der Waals surface area (Å²) in [6.45, 7) is 7.71. The molecule has 0 aliphatic carbocycles. The number of aromatic nitrogens is 1. The van der Waals surface area contributed by atoms with Gasteiger partial charge in [0.05, 0.1) is 11.3 Å². The highest BCUT2D eigenvalue weighted by atomic mass is 32.2. The van der Waals surface area contributed by atoms with Gasteiger partial charge in [0.25, 0.3) is 0 Å². The minimum atomic E-state index is 0.149. The molecule has 1 aromatic heterocycles. The first kappa shape index (κ1) is 15.8. The maximum absolute atomic E-state index is 12.3. The SMILES string of the molecule is Cc1cc(C)c(C#N)c(SCC(=O)N2CCC[C@H](C)C2)n1. The van der Waals surface area contributed by atoms with Gasteiger partial charge in [-0.25, -0.2) is 4.98 Å². The van der Waals surface area contributed by atoms with Crippen LogP contribution in [0.1, 0.15) is 36.6 Å². The summed E-state index contributed by atoms with van der Waals surface area (Å²) in [6, 6.07) is 4.09. The van der Waals surface area contributed by atoms with Gasteiger partial charge >= 0.3 is 0 Å². The molecule has 0 saturated carbocycles. The van der Waals surface area contributed by atoms with Crippen molar-refractivity contribution in [2.75, 3.05) is 18.8 Å². The minimum Gasteiger partial charge on any atom is -0.342 e. The van der Waals surface area contributed by atoms with Crippen molar-refractivity contribution in [3.63, 3.8) is 0 Å². The normalized spacial score (nSPS) is 18.4. The number of hydrogen-bond donors (Lipinski definition) is 0. The lowest BCUT2D eigenvalue weighted by Gasteiger charge is -2.30. The minimum absolute atomic E-state index is 0.149. The van der Waals surface area contributed by atoms with Crippen molar-refractivity contribution in [2.45, 2.75) is 38.6 Å².